The molecule has 1 N–H and O–H groups in total. The van der Waals surface area contributed by atoms with E-state index in [2.05, 4.69) is 5.32 Å². The quantitative estimate of drug-likeness (QED) is 0.721. The van der Waals surface area contributed by atoms with Gasteiger partial charge in [0, 0.05) is 19.1 Å². The molecule has 7 nitrogen and oxygen atoms in total. The number of methoxy groups -OCH3 is 1. The summed E-state index contributed by atoms with van der Waals surface area (Å²) in [6.07, 6.45) is 1.41. The Balaban J connectivity index is 1.37. The van der Waals surface area contributed by atoms with E-state index in [1.165, 1.54) is 0 Å². The predicted molar refractivity (Wildman–Crippen MR) is 113 cm³/mol. The van der Waals surface area contributed by atoms with Crippen LogP contribution in [-0.2, 0) is 9.59 Å². The van der Waals surface area contributed by atoms with E-state index in [9.17, 15) is 9.59 Å². The first kappa shape index (κ1) is 21.5. The number of benzene rings is 2. The van der Waals surface area contributed by atoms with Crippen LogP contribution < -0.4 is 19.5 Å². The van der Waals surface area contributed by atoms with Crippen molar-refractivity contribution in [2.45, 2.75) is 25.8 Å². The number of carbonyl (C=O) groups excluding carboxylic acids is 2. The zero-order valence-electron chi connectivity index (χ0n) is 17.4. The molecule has 0 unspecified atom stereocenters. The van der Waals surface area contributed by atoms with E-state index < -0.39 is 0 Å². The number of hydrogen-bond donors (Lipinski definition) is 1. The van der Waals surface area contributed by atoms with Gasteiger partial charge >= 0.3 is 0 Å². The standard InChI is InChI=1S/C23H28N2O5/c1-17-7-9-19(10-8-17)29-15-22(26)24-18-11-13-25(14-12-18)23(27)16-30-21-6-4-3-5-20(21)28-2/h3-10,18H,11-16H2,1-2H3,(H,24,26). The van der Waals surface area contributed by atoms with Crippen molar-refractivity contribution < 1.29 is 23.8 Å². The molecule has 1 aliphatic heterocycles. The Kier molecular flexibility index (Phi) is 7.54. The monoisotopic (exact) mass is 412 g/mol. The number of piperidine rings is 1. The number of aryl methyl sites for hydroxylation is 1. The van der Waals surface area contributed by atoms with Crippen LogP contribution in [0, 0.1) is 6.92 Å². The van der Waals surface area contributed by atoms with Gasteiger partial charge in [0.25, 0.3) is 11.8 Å². The zero-order valence-corrected chi connectivity index (χ0v) is 17.4. The number of hydrogen-bond acceptors (Lipinski definition) is 5. The molecule has 0 radical (unpaired) electrons. The highest BCUT2D eigenvalue weighted by Gasteiger charge is 2.24. The van der Waals surface area contributed by atoms with E-state index in [0.717, 1.165) is 5.56 Å². The molecule has 30 heavy (non-hydrogen) atoms. The fourth-order valence-corrected chi connectivity index (χ4v) is 3.29. The number of nitrogens with one attached hydrogen (secondary N) is 1. The number of ether oxygens (including phenoxy) is 3. The van der Waals surface area contributed by atoms with Crippen LogP contribution in [-0.4, -0.2) is 56.2 Å². The highest BCUT2D eigenvalue weighted by molar-refractivity contribution is 5.79. The Labute approximate surface area is 176 Å². The van der Waals surface area contributed by atoms with E-state index >= 15 is 0 Å². The molecule has 0 aromatic heterocycles. The molecule has 0 aliphatic carbocycles. The normalized spacial score (nSPS) is 14.1. The maximum atomic E-state index is 12.4. The van der Waals surface area contributed by atoms with E-state index in [4.69, 9.17) is 14.2 Å². The van der Waals surface area contributed by atoms with Crippen LogP contribution >= 0.6 is 0 Å². The van der Waals surface area contributed by atoms with Crippen LogP contribution in [0.25, 0.3) is 0 Å². The third-order valence-electron chi connectivity index (χ3n) is 5.02. The molecule has 2 aromatic carbocycles. The van der Waals surface area contributed by atoms with Gasteiger partial charge in [0.2, 0.25) is 0 Å². The molecule has 1 saturated heterocycles. The second-order valence-electron chi connectivity index (χ2n) is 7.26. The topological polar surface area (TPSA) is 77.1 Å². The molecule has 0 spiro atoms. The van der Waals surface area contributed by atoms with Crippen LogP contribution in [0.3, 0.4) is 0 Å². The molecule has 2 amide bonds. The summed E-state index contributed by atoms with van der Waals surface area (Å²) in [5, 5.41) is 2.98. The lowest BCUT2D eigenvalue weighted by atomic mass is 10.1. The van der Waals surface area contributed by atoms with Crippen molar-refractivity contribution in [3.05, 3.63) is 54.1 Å². The number of carbonyl (C=O) groups is 2. The van der Waals surface area contributed by atoms with Gasteiger partial charge in [-0.15, -0.1) is 0 Å². The SMILES string of the molecule is COc1ccccc1OCC(=O)N1CCC(NC(=O)COc2ccc(C)cc2)CC1. The highest BCUT2D eigenvalue weighted by atomic mass is 16.5. The average molecular weight is 412 g/mol. The summed E-state index contributed by atoms with van der Waals surface area (Å²) in [5.41, 5.74) is 1.14. The summed E-state index contributed by atoms with van der Waals surface area (Å²) in [4.78, 5) is 26.3. The Morgan fingerprint density at radius 3 is 2.30 bits per heavy atom. The van der Waals surface area contributed by atoms with Crippen molar-refractivity contribution >= 4 is 11.8 Å². The first-order valence-electron chi connectivity index (χ1n) is 10.1. The van der Waals surface area contributed by atoms with Crippen LogP contribution in [0.4, 0.5) is 0 Å². The van der Waals surface area contributed by atoms with Crippen molar-refractivity contribution in [3.63, 3.8) is 0 Å². The molecule has 2 aromatic rings. The molecule has 3 rings (SSSR count). The van der Waals surface area contributed by atoms with Gasteiger partial charge in [-0.3, -0.25) is 9.59 Å². The highest BCUT2D eigenvalue weighted by Crippen LogP contribution is 2.25. The van der Waals surface area contributed by atoms with E-state index in [-0.39, 0.29) is 31.1 Å². The van der Waals surface area contributed by atoms with E-state index in [1.807, 2.05) is 43.3 Å². The van der Waals surface area contributed by atoms with Gasteiger partial charge in [0.05, 0.1) is 7.11 Å². The molecule has 0 atom stereocenters. The first-order chi connectivity index (χ1) is 14.5. The zero-order chi connectivity index (χ0) is 21.3. The fraction of sp³-hybridized carbons (Fsp3) is 0.391. The van der Waals surface area contributed by atoms with Crippen molar-refractivity contribution in [2.75, 3.05) is 33.4 Å². The molecule has 1 aliphatic rings. The summed E-state index contributed by atoms with van der Waals surface area (Å²) in [7, 11) is 1.56. The van der Waals surface area contributed by atoms with Gasteiger partial charge in [0.15, 0.2) is 24.7 Å². The molecule has 0 saturated carbocycles. The summed E-state index contributed by atoms with van der Waals surface area (Å²) >= 11 is 0. The number of nitrogens with zero attached hydrogens (tertiary/aromatic N) is 1. The molecular formula is C23H28N2O5. The van der Waals surface area contributed by atoms with Crippen molar-refractivity contribution in [2.24, 2.45) is 0 Å². The molecule has 7 heteroatoms. The number of likely N-dealkylation sites (tertiary alicyclic amines) is 1. The molecule has 0 bridgehead atoms. The van der Waals surface area contributed by atoms with Gasteiger partial charge in [-0.25, -0.2) is 0 Å². The second-order valence-corrected chi connectivity index (χ2v) is 7.26. The second kappa shape index (κ2) is 10.5. The van der Waals surface area contributed by atoms with Crippen LogP contribution in [0.15, 0.2) is 48.5 Å². The van der Waals surface area contributed by atoms with E-state index in [1.54, 1.807) is 24.1 Å². The van der Waals surface area contributed by atoms with Gasteiger partial charge in [0.1, 0.15) is 5.75 Å². The third-order valence-corrected chi connectivity index (χ3v) is 5.02. The van der Waals surface area contributed by atoms with Crippen LogP contribution in [0.1, 0.15) is 18.4 Å². The van der Waals surface area contributed by atoms with Gasteiger partial charge in [-0.1, -0.05) is 29.8 Å². The lowest BCUT2D eigenvalue weighted by Crippen LogP contribution is -2.48. The lowest BCUT2D eigenvalue weighted by Gasteiger charge is -2.32. The van der Waals surface area contributed by atoms with Gasteiger partial charge in [-0.05, 0) is 44.0 Å². The van der Waals surface area contributed by atoms with Crippen LogP contribution in [0.5, 0.6) is 17.2 Å². The minimum atomic E-state index is -0.153. The van der Waals surface area contributed by atoms with Crippen molar-refractivity contribution in [3.8, 4) is 17.2 Å². The Bertz CT molecular complexity index is 845. The molecule has 160 valence electrons. The van der Waals surface area contributed by atoms with Crippen molar-refractivity contribution in [1.29, 1.82) is 0 Å². The van der Waals surface area contributed by atoms with Crippen molar-refractivity contribution in [1.82, 2.24) is 10.2 Å². The fourth-order valence-electron chi connectivity index (χ4n) is 3.29. The van der Waals surface area contributed by atoms with Crippen LogP contribution in [0.2, 0.25) is 0 Å². The smallest absolute Gasteiger partial charge is 0.260 e. The average Bonchev–Trinajstić information content (AvgIpc) is 2.77. The third kappa shape index (κ3) is 6.14. The predicted octanol–water partition coefficient (Wildman–Crippen LogP) is 2.57. The number of para-hydroxylation sites is 2. The minimum Gasteiger partial charge on any atom is -0.493 e. The minimum absolute atomic E-state index is 0.0189. The summed E-state index contributed by atoms with van der Waals surface area (Å²) in [5.74, 6) is 1.59. The Morgan fingerprint density at radius 1 is 0.967 bits per heavy atom. The Morgan fingerprint density at radius 2 is 1.63 bits per heavy atom. The summed E-state index contributed by atoms with van der Waals surface area (Å²) < 4.78 is 16.4. The van der Waals surface area contributed by atoms with E-state index in [0.29, 0.717) is 43.2 Å². The molecule has 1 fully saturated rings. The largest absolute Gasteiger partial charge is 0.493 e. The number of rotatable bonds is 8. The maximum Gasteiger partial charge on any atom is 0.260 e. The van der Waals surface area contributed by atoms with Gasteiger partial charge in [-0.2, -0.15) is 0 Å². The molecule has 1 heterocycles. The summed E-state index contributed by atoms with van der Waals surface area (Å²) in [6, 6.07) is 14.9. The number of amides is 2. The first-order valence-corrected chi connectivity index (χ1v) is 10.1. The lowest BCUT2D eigenvalue weighted by molar-refractivity contribution is -0.134. The maximum absolute atomic E-state index is 12.4. The van der Waals surface area contributed by atoms with Gasteiger partial charge < -0.3 is 24.4 Å². The molecular weight excluding hydrogens is 384 g/mol. The summed E-state index contributed by atoms with van der Waals surface area (Å²) in [6.45, 7) is 3.10. The Hall–Kier alpha value is -3.22.